The van der Waals surface area contributed by atoms with Crippen molar-refractivity contribution in [2.24, 2.45) is 0 Å². The minimum atomic E-state index is -1.11. The molecule has 0 radical (unpaired) electrons. The highest BCUT2D eigenvalue weighted by Crippen LogP contribution is 2.21. The van der Waals surface area contributed by atoms with Crippen LogP contribution in [0.3, 0.4) is 0 Å². The number of anilines is 1. The van der Waals surface area contributed by atoms with Crippen LogP contribution in [0.25, 0.3) is 0 Å². The molecule has 10 nitrogen and oxygen atoms in total. The molecule has 1 atom stereocenters. The fraction of sp³-hybridized carbons (Fsp3) is 0.200. The SMILES string of the molecule is O=C(O)CCN1C(=O)NC(Nc2ccc(OCc3ccccn3)cc2)N(Cc2ccc(Cl)cc2)C1=O. The van der Waals surface area contributed by atoms with E-state index in [1.807, 2.05) is 18.2 Å². The quantitative estimate of drug-likeness (QED) is 0.375. The third-order valence-electron chi connectivity index (χ3n) is 5.38. The fourth-order valence-corrected chi connectivity index (χ4v) is 3.66. The van der Waals surface area contributed by atoms with Crippen molar-refractivity contribution in [1.29, 1.82) is 0 Å². The third kappa shape index (κ3) is 6.42. The van der Waals surface area contributed by atoms with Crippen LogP contribution < -0.4 is 15.4 Å². The van der Waals surface area contributed by atoms with Crippen molar-refractivity contribution in [3.63, 3.8) is 0 Å². The van der Waals surface area contributed by atoms with Gasteiger partial charge in [0, 0.05) is 23.5 Å². The molecule has 1 aromatic heterocycles. The summed E-state index contributed by atoms with van der Waals surface area (Å²) in [6, 6.07) is 18.3. The lowest BCUT2D eigenvalue weighted by Crippen LogP contribution is -2.67. The summed E-state index contributed by atoms with van der Waals surface area (Å²) in [6.07, 6.45) is 0.470. The number of amides is 4. The molecule has 0 aliphatic carbocycles. The van der Waals surface area contributed by atoms with Gasteiger partial charge in [-0.2, -0.15) is 0 Å². The van der Waals surface area contributed by atoms with Gasteiger partial charge in [-0.3, -0.25) is 20.0 Å². The number of nitrogens with one attached hydrogen (secondary N) is 2. The average Bonchev–Trinajstić information content (AvgIpc) is 2.87. The number of hydrogen-bond donors (Lipinski definition) is 3. The maximum absolute atomic E-state index is 13.2. The molecule has 1 aliphatic heterocycles. The lowest BCUT2D eigenvalue weighted by atomic mass is 10.2. The summed E-state index contributed by atoms with van der Waals surface area (Å²) in [6.45, 7) is 0.233. The van der Waals surface area contributed by atoms with Crippen molar-refractivity contribution < 1.29 is 24.2 Å². The predicted molar refractivity (Wildman–Crippen MR) is 132 cm³/mol. The highest BCUT2D eigenvalue weighted by atomic mass is 35.5. The number of benzene rings is 2. The molecular weight excluding hydrogens is 486 g/mol. The molecule has 0 spiro atoms. The first-order chi connectivity index (χ1) is 17.4. The molecule has 3 aromatic rings. The number of aliphatic carboxylic acids is 1. The van der Waals surface area contributed by atoms with Crippen LogP contribution >= 0.6 is 11.6 Å². The Bertz CT molecular complexity index is 1210. The molecule has 0 saturated carbocycles. The number of urea groups is 2. The molecule has 4 amide bonds. The van der Waals surface area contributed by atoms with E-state index in [1.165, 1.54) is 4.90 Å². The van der Waals surface area contributed by atoms with E-state index < -0.39 is 24.3 Å². The number of halogens is 1. The second-order valence-electron chi connectivity index (χ2n) is 7.96. The molecule has 1 aliphatic rings. The zero-order valence-electron chi connectivity index (χ0n) is 19.1. The van der Waals surface area contributed by atoms with Crippen molar-refractivity contribution in [3.05, 3.63) is 89.2 Å². The third-order valence-corrected chi connectivity index (χ3v) is 5.63. The summed E-state index contributed by atoms with van der Waals surface area (Å²) in [5, 5.41) is 15.4. The van der Waals surface area contributed by atoms with Crippen LogP contribution in [0.2, 0.25) is 5.02 Å². The zero-order valence-corrected chi connectivity index (χ0v) is 19.9. The Morgan fingerprint density at radius 2 is 1.83 bits per heavy atom. The number of imide groups is 1. The van der Waals surface area contributed by atoms with Crippen LogP contribution in [0.15, 0.2) is 72.9 Å². The van der Waals surface area contributed by atoms with Gasteiger partial charge in [0.15, 0.2) is 6.29 Å². The summed E-state index contributed by atoms with van der Waals surface area (Å²) in [5.41, 5.74) is 2.22. The first kappa shape index (κ1) is 24.8. The van der Waals surface area contributed by atoms with E-state index in [0.29, 0.717) is 23.1 Å². The second-order valence-corrected chi connectivity index (χ2v) is 8.40. The van der Waals surface area contributed by atoms with Crippen molar-refractivity contribution in [1.82, 2.24) is 20.1 Å². The summed E-state index contributed by atoms with van der Waals surface area (Å²) in [5.74, 6) is -0.474. The molecule has 1 unspecified atom stereocenters. The molecule has 2 heterocycles. The Labute approximate surface area is 212 Å². The van der Waals surface area contributed by atoms with Gasteiger partial charge in [-0.15, -0.1) is 0 Å². The number of carboxylic acid groups (broad SMARTS) is 1. The highest BCUT2D eigenvalue weighted by molar-refractivity contribution is 6.30. The molecule has 36 heavy (non-hydrogen) atoms. The van der Waals surface area contributed by atoms with E-state index >= 15 is 0 Å². The lowest BCUT2D eigenvalue weighted by Gasteiger charge is -2.41. The molecule has 3 N–H and O–H groups in total. The molecular formula is C25H24ClN5O5. The molecule has 11 heteroatoms. The van der Waals surface area contributed by atoms with Crippen molar-refractivity contribution in [2.45, 2.75) is 25.9 Å². The number of carbonyl (C=O) groups is 3. The minimum absolute atomic E-state index is 0.156. The van der Waals surface area contributed by atoms with Gasteiger partial charge in [0.1, 0.15) is 12.4 Å². The summed E-state index contributed by atoms with van der Waals surface area (Å²) in [4.78, 5) is 43.3. The number of nitrogens with zero attached hydrogens (tertiary/aromatic N) is 3. The van der Waals surface area contributed by atoms with E-state index in [-0.39, 0.29) is 19.5 Å². The number of carbonyl (C=O) groups excluding carboxylic acids is 2. The summed E-state index contributed by atoms with van der Waals surface area (Å²) < 4.78 is 5.75. The smallest absolute Gasteiger partial charge is 0.331 e. The molecule has 1 fully saturated rings. The zero-order chi connectivity index (χ0) is 25.5. The highest BCUT2D eigenvalue weighted by Gasteiger charge is 2.38. The van der Waals surface area contributed by atoms with E-state index in [9.17, 15) is 14.4 Å². The van der Waals surface area contributed by atoms with Crippen LogP contribution in [0.4, 0.5) is 15.3 Å². The Balaban J connectivity index is 1.47. The van der Waals surface area contributed by atoms with Crippen LogP contribution in [0.5, 0.6) is 5.75 Å². The fourth-order valence-electron chi connectivity index (χ4n) is 3.54. The van der Waals surface area contributed by atoms with Gasteiger partial charge in [0.2, 0.25) is 0 Å². The molecule has 0 bridgehead atoms. The first-order valence-corrected chi connectivity index (χ1v) is 11.5. The van der Waals surface area contributed by atoms with Crippen LogP contribution in [-0.2, 0) is 17.9 Å². The van der Waals surface area contributed by atoms with Crippen LogP contribution in [-0.4, -0.2) is 50.8 Å². The number of ether oxygens (including phenoxy) is 1. The monoisotopic (exact) mass is 509 g/mol. The van der Waals surface area contributed by atoms with Gasteiger partial charge in [-0.05, 0) is 54.1 Å². The number of hydrogen-bond acceptors (Lipinski definition) is 6. The minimum Gasteiger partial charge on any atom is -0.487 e. The van der Waals surface area contributed by atoms with Gasteiger partial charge < -0.3 is 15.2 Å². The topological polar surface area (TPSA) is 124 Å². The second kappa shape index (κ2) is 11.4. The summed E-state index contributed by atoms with van der Waals surface area (Å²) >= 11 is 5.97. The first-order valence-electron chi connectivity index (χ1n) is 11.1. The van der Waals surface area contributed by atoms with E-state index in [4.69, 9.17) is 21.4 Å². The van der Waals surface area contributed by atoms with E-state index in [2.05, 4.69) is 15.6 Å². The summed E-state index contributed by atoms with van der Waals surface area (Å²) in [7, 11) is 0. The van der Waals surface area contributed by atoms with E-state index in [1.54, 1.807) is 54.7 Å². The number of aromatic nitrogens is 1. The van der Waals surface area contributed by atoms with Crippen LogP contribution in [0.1, 0.15) is 17.7 Å². The Morgan fingerprint density at radius 3 is 2.50 bits per heavy atom. The van der Waals surface area contributed by atoms with Gasteiger partial charge >= 0.3 is 18.0 Å². The maximum Gasteiger partial charge on any atom is 0.331 e. The molecule has 186 valence electrons. The van der Waals surface area contributed by atoms with Crippen molar-refractivity contribution in [2.75, 3.05) is 11.9 Å². The Morgan fingerprint density at radius 1 is 1.08 bits per heavy atom. The number of pyridine rings is 1. The van der Waals surface area contributed by atoms with Crippen LogP contribution in [0, 0.1) is 0 Å². The van der Waals surface area contributed by atoms with Gasteiger partial charge in [-0.25, -0.2) is 14.5 Å². The molecule has 1 saturated heterocycles. The standard InChI is InChI=1S/C25H24ClN5O5/c26-18-6-4-17(5-7-18)15-31-23(29-24(34)30(25(31)35)14-12-22(32)33)28-19-8-10-21(11-9-19)36-16-20-3-1-2-13-27-20/h1-11,13,23,28H,12,14-16H2,(H,29,34)(H,32,33). The van der Waals surface area contributed by atoms with Gasteiger partial charge in [0.25, 0.3) is 0 Å². The number of rotatable bonds is 10. The predicted octanol–water partition coefficient (Wildman–Crippen LogP) is 4.13. The lowest BCUT2D eigenvalue weighted by molar-refractivity contribution is -0.137. The van der Waals surface area contributed by atoms with Crippen molar-refractivity contribution >= 4 is 35.3 Å². The molecule has 4 rings (SSSR count). The van der Waals surface area contributed by atoms with Gasteiger partial charge in [0.05, 0.1) is 18.7 Å². The van der Waals surface area contributed by atoms with E-state index in [0.717, 1.165) is 16.2 Å². The maximum atomic E-state index is 13.2. The average molecular weight is 510 g/mol. The molecule has 2 aromatic carbocycles. The Kier molecular flexibility index (Phi) is 7.86. The van der Waals surface area contributed by atoms with Crippen molar-refractivity contribution in [3.8, 4) is 5.75 Å². The Hall–Kier alpha value is -4.31. The normalized spacial score (nSPS) is 15.4. The van der Waals surface area contributed by atoms with Gasteiger partial charge in [-0.1, -0.05) is 29.8 Å². The number of carboxylic acids is 1. The largest absolute Gasteiger partial charge is 0.487 e.